The number of benzene rings is 1. The van der Waals surface area contributed by atoms with Crippen LogP contribution in [0.5, 0.6) is 5.75 Å². The quantitative estimate of drug-likeness (QED) is 0.821. The summed E-state index contributed by atoms with van der Waals surface area (Å²) in [5.41, 5.74) is 0.824. The highest BCUT2D eigenvalue weighted by Crippen LogP contribution is 2.29. The SMILES string of the molecule is COc1ccccc1Cc1nc([C@H]2CCCCO2)n(CC(F)(F)F)n1. The zero-order chi connectivity index (χ0) is 17.9. The first-order chi connectivity index (χ1) is 12.0. The van der Waals surface area contributed by atoms with E-state index in [0.29, 0.717) is 31.0 Å². The van der Waals surface area contributed by atoms with Crippen molar-refractivity contribution < 1.29 is 22.6 Å². The third-order valence-corrected chi connectivity index (χ3v) is 4.08. The van der Waals surface area contributed by atoms with Crippen LogP contribution in [0.1, 0.15) is 42.6 Å². The third-order valence-electron chi connectivity index (χ3n) is 4.08. The van der Waals surface area contributed by atoms with Gasteiger partial charge in [0, 0.05) is 18.6 Å². The molecule has 0 bridgehead atoms. The average molecular weight is 355 g/mol. The average Bonchev–Trinajstić information content (AvgIpc) is 2.96. The van der Waals surface area contributed by atoms with Crippen LogP contribution in [0.25, 0.3) is 0 Å². The molecule has 0 saturated carbocycles. The van der Waals surface area contributed by atoms with Crippen LogP contribution in [0.15, 0.2) is 24.3 Å². The van der Waals surface area contributed by atoms with E-state index in [9.17, 15) is 13.2 Å². The maximum absolute atomic E-state index is 12.9. The van der Waals surface area contributed by atoms with Crippen LogP contribution in [0.3, 0.4) is 0 Å². The minimum Gasteiger partial charge on any atom is -0.496 e. The van der Waals surface area contributed by atoms with Gasteiger partial charge in [-0.25, -0.2) is 9.67 Å². The number of aromatic nitrogens is 3. The third kappa shape index (κ3) is 4.50. The van der Waals surface area contributed by atoms with Crippen LogP contribution >= 0.6 is 0 Å². The van der Waals surface area contributed by atoms with Crippen molar-refractivity contribution in [3.8, 4) is 5.75 Å². The van der Waals surface area contributed by atoms with Crippen molar-refractivity contribution in [1.29, 1.82) is 0 Å². The summed E-state index contributed by atoms with van der Waals surface area (Å²) in [4.78, 5) is 4.36. The van der Waals surface area contributed by atoms with E-state index < -0.39 is 18.8 Å². The molecule has 25 heavy (non-hydrogen) atoms. The van der Waals surface area contributed by atoms with Crippen LogP contribution in [0, 0.1) is 0 Å². The van der Waals surface area contributed by atoms with E-state index in [4.69, 9.17) is 9.47 Å². The lowest BCUT2D eigenvalue weighted by atomic mass is 10.1. The molecule has 3 rings (SSSR count). The lowest BCUT2D eigenvalue weighted by molar-refractivity contribution is -0.144. The monoisotopic (exact) mass is 355 g/mol. The molecule has 2 aromatic rings. The summed E-state index contributed by atoms with van der Waals surface area (Å²) in [7, 11) is 1.55. The highest BCUT2D eigenvalue weighted by Gasteiger charge is 2.33. The number of alkyl halides is 3. The Morgan fingerprint density at radius 1 is 1.28 bits per heavy atom. The fourth-order valence-corrected chi connectivity index (χ4v) is 2.97. The Morgan fingerprint density at radius 2 is 2.08 bits per heavy atom. The maximum Gasteiger partial charge on any atom is 0.408 e. The Morgan fingerprint density at radius 3 is 2.76 bits per heavy atom. The second-order valence-electron chi connectivity index (χ2n) is 6.00. The first-order valence-electron chi connectivity index (χ1n) is 8.20. The first kappa shape index (κ1) is 17.7. The minimum atomic E-state index is -4.36. The van der Waals surface area contributed by atoms with Crippen molar-refractivity contribution in [1.82, 2.24) is 14.8 Å². The van der Waals surface area contributed by atoms with Crippen LogP contribution in [0.2, 0.25) is 0 Å². The molecular weight excluding hydrogens is 335 g/mol. The number of para-hydroxylation sites is 1. The van der Waals surface area contributed by atoms with Gasteiger partial charge >= 0.3 is 6.18 Å². The Kier molecular flexibility index (Phi) is 5.27. The second-order valence-corrected chi connectivity index (χ2v) is 6.00. The fraction of sp³-hybridized carbons (Fsp3) is 0.529. The van der Waals surface area contributed by atoms with E-state index >= 15 is 0 Å². The van der Waals surface area contributed by atoms with Crippen molar-refractivity contribution in [2.45, 2.75) is 44.5 Å². The summed E-state index contributed by atoms with van der Waals surface area (Å²) >= 11 is 0. The number of methoxy groups -OCH3 is 1. The summed E-state index contributed by atoms with van der Waals surface area (Å²) in [5.74, 6) is 1.24. The number of ether oxygens (including phenoxy) is 2. The Labute approximate surface area is 143 Å². The van der Waals surface area contributed by atoms with Gasteiger partial charge in [-0.05, 0) is 25.3 Å². The second kappa shape index (κ2) is 7.43. The van der Waals surface area contributed by atoms with Crippen LogP contribution < -0.4 is 4.74 Å². The number of halogens is 3. The van der Waals surface area contributed by atoms with Crippen molar-refractivity contribution in [3.05, 3.63) is 41.5 Å². The topological polar surface area (TPSA) is 49.2 Å². The molecule has 1 aromatic carbocycles. The van der Waals surface area contributed by atoms with Gasteiger partial charge in [0.1, 0.15) is 18.4 Å². The van der Waals surface area contributed by atoms with Crippen molar-refractivity contribution in [2.24, 2.45) is 0 Å². The zero-order valence-electron chi connectivity index (χ0n) is 13.9. The summed E-state index contributed by atoms with van der Waals surface area (Å²) in [6, 6.07) is 7.32. The van der Waals surface area contributed by atoms with Gasteiger partial charge in [-0.1, -0.05) is 18.2 Å². The molecule has 136 valence electrons. The number of hydrogen-bond acceptors (Lipinski definition) is 4. The molecule has 8 heteroatoms. The van der Waals surface area contributed by atoms with Crippen molar-refractivity contribution in [3.63, 3.8) is 0 Å². The predicted molar refractivity (Wildman–Crippen MR) is 84.4 cm³/mol. The molecule has 0 spiro atoms. The number of nitrogens with zero attached hydrogens (tertiary/aromatic N) is 3. The van der Waals surface area contributed by atoms with E-state index in [0.717, 1.165) is 23.1 Å². The number of hydrogen-bond donors (Lipinski definition) is 0. The molecule has 1 fully saturated rings. The molecule has 1 aliphatic rings. The zero-order valence-corrected chi connectivity index (χ0v) is 13.9. The Balaban J connectivity index is 1.89. The van der Waals surface area contributed by atoms with Gasteiger partial charge in [0.05, 0.1) is 7.11 Å². The first-order valence-corrected chi connectivity index (χ1v) is 8.20. The van der Waals surface area contributed by atoms with E-state index in [1.165, 1.54) is 0 Å². The molecule has 0 unspecified atom stereocenters. The number of rotatable bonds is 5. The molecule has 0 aliphatic carbocycles. The van der Waals surface area contributed by atoms with Crippen LogP contribution in [0.4, 0.5) is 13.2 Å². The van der Waals surface area contributed by atoms with Crippen LogP contribution in [-0.2, 0) is 17.7 Å². The molecule has 1 aromatic heterocycles. The van der Waals surface area contributed by atoms with E-state index in [1.807, 2.05) is 18.2 Å². The van der Waals surface area contributed by atoms with E-state index in [-0.39, 0.29) is 5.82 Å². The van der Waals surface area contributed by atoms with Gasteiger partial charge < -0.3 is 9.47 Å². The van der Waals surface area contributed by atoms with Gasteiger partial charge in [-0.3, -0.25) is 0 Å². The van der Waals surface area contributed by atoms with E-state index in [1.54, 1.807) is 13.2 Å². The smallest absolute Gasteiger partial charge is 0.408 e. The molecule has 5 nitrogen and oxygen atoms in total. The maximum atomic E-state index is 12.9. The van der Waals surface area contributed by atoms with Crippen LogP contribution in [-0.4, -0.2) is 34.7 Å². The Hall–Kier alpha value is -2.09. The standard InChI is InChI=1S/C17H20F3N3O2/c1-24-13-7-3-2-6-12(13)10-15-21-16(14-8-4-5-9-25-14)23(22-15)11-17(18,19)20/h2-3,6-7,14H,4-5,8-11H2,1H3/t14-/m1/s1. The summed E-state index contributed by atoms with van der Waals surface area (Å²) in [5, 5.41) is 4.09. The van der Waals surface area contributed by atoms with Gasteiger partial charge in [-0.2, -0.15) is 18.3 Å². The largest absolute Gasteiger partial charge is 0.496 e. The van der Waals surface area contributed by atoms with Gasteiger partial charge in [0.25, 0.3) is 0 Å². The van der Waals surface area contributed by atoms with Crippen molar-refractivity contribution in [2.75, 3.05) is 13.7 Å². The molecule has 1 saturated heterocycles. The summed E-state index contributed by atoms with van der Waals surface area (Å²) in [6.07, 6.45) is -2.02. The fourth-order valence-electron chi connectivity index (χ4n) is 2.97. The Bertz CT molecular complexity index is 709. The summed E-state index contributed by atoms with van der Waals surface area (Å²) in [6.45, 7) is -0.632. The molecule has 2 heterocycles. The van der Waals surface area contributed by atoms with E-state index in [2.05, 4.69) is 10.1 Å². The molecule has 0 N–H and O–H groups in total. The lowest BCUT2D eigenvalue weighted by Gasteiger charge is -2.22. The minimum absolute atomic E-state index is 0.252. The molecule has 1 atom stereocenters. The molecule has 0 radical (unpaired) electrons. The van der Waals surface area contributed by atoms with Gasteiger partial charge in [-0.15, -0.1) is 0 Å². The highest BCUT2D eigenvalue weighted by atomic mass is 19.4. The van der Waals surface area contributed by atoms with Gasteiger partial charge in [0.2, 0.25) is 0 Å². The molecule has 1 aliphatic heterocycles. The van der Waals surface area contributed by atoms with Crippen molar-refractivity contribution >= 4 is 0 Å². The molecular formula is C17H20F3N3O2. The lowest BCUT2D eigenvalue weighted by Crippen LogP contribution is -2.24. The normalized spacial score (nSPS) is 18.3. The van der Waals surface area contributed by atoms with Gasteiger partial charge in [0.15, 0.2) is 11.6 Å². The summed E-state index contributed by atoms with van der Waals surface area (Å²) < 4.78 is 50.5. The molecule has 0 amide bonds. The highest BCUT2D eigenvalue weighted by molar-refractivity contribution is 5.35. The predicted octanol–water partition coefficient (Wildman–Crippen LogP) is 3.68.